The average molecular weight is 655 g/mol. The molecule has 0 bridgehead atoms. The van der Waals surface area contributed by atoms with Crippen LogP contribution in [0.5, 0.6) is 0 Å². The van der Waals surface area contributed by atoms with Crippen molar-refractivity contribution in [1.82, 2.24) is 5.32 Å². The third kappa shape index (κ3) is 9.65. The van der Waals surface area contributed by atoms with E-state index in [0.717, 1.165) is 0 Å². The number of nitrogens with one attached hydrogen (secondary N) is 1. The Kier molecular flexibility index (Phi) is 13.8. The third-order valence-electron chi connectivity index (χ3n) is 8.72. The minimum atomic E-state index is -1.61. The van der Waals surface area contributed by atoms with Crippen LogP contribution in [-0.4, -0.2) is 151 Å². The van der Waals surface area contributed by atoms with Gasteiger partial charge < -0.3 is 75.6 Å². The highest BCUT2D eigenvalue weighted by molar-refractivity contribution is 5.67. The van der Waals surface area contributed by atoms with Crippen LogP contribution in [-0.2, 0) is 23.7 Å². The number of carbonyl (C=O) groups is 1. The molecule has 3 aliphatic rings. The molecule has 0 aromatic heterocycles. The number of hydrogen-bond acceptors (Lipinski definition) is 15. The second kappa shape index (κ2) is 16.2. The van der Waals surface area contributed by atoms with Gasteiger partial charge in [0.15, 0.2) is 12.6 Å². The lowest BCUT2D eigenvalue weighted by Crippen LogP contribution is -2.65. The predicted molar refractivity (Wildman–Crippen MR) is 155 cm³/mol. The molecule has 0 spiro atoms. The van der Waals surface area contributed by atoms with E-state index in [4.69, 9.17) is 29.4 Å². The molecule has 1 amide bonds. The predicted octanol–water partition coefficient (Wildman–Crippen LogP) is -2.58. The van der Waals surface area contributed by atoms with Gasteiger partial charge in [-0.1, -0.05) is 13.8 Å². The van der Waals surface area contributed by atoms with Crippen molar-refractivity contribution in [3.8, 4) is 0 Å². The molecule has 3 fully saturated rings. The van der Waals surface area contributed by atoms with Crippen molar-refractivity contribution in [3.05, 3.63) is 0 Å². The van der Waals surface area contributed by atoms with Crippen molar-refractivity contribution in [2.45, 2.75) is 152 Å². The van der Waals surface area contributed by atoms with Crippen molar-refractivity contribution < 1.29 is 69.3 Å². The Morgan fingerprint density at radius 3 is 2.11 bits per heavy atom. The van der Waals surface area contributed by atoms with Crippen LogP contribution in [0.2, 0.25) is 0 Å². The highest BCUT2D eigenvalue weighted by Gasteiger charge is 2.51. The number of rotatable bonds is 11. The standard InChI is InChI=1S/C29H54N2O14/c1-6-15-19(35)21(37)22(38)27(41-15)43-24-12(2)9-13(7-8-14(33)10-31-28(40)45-29(3,4)5)25(23(24)39)44-26-20(36)17(30)18(34)16(11-32)42-26/h12-27,32-39H,6-11,30H2,1-5H3,(H,31,40)/t12-,13+,14?,15+,16+,17-,18+,19+,20+,21-,22+,23-,24?,25-,26+,27+/m0/s1. The van der Waals surface area contributed by atoms with E-state index < -0.39 is 110 Å². The number of aliphatic hydroxyl groups is 8. The summed E-state index contributed by atoms with van der Waals surface area (Å²) in [7, 11) is 0. The van der Waals surface area contributed by atoms with E-state index in [1.165, 1.54) is 0 Å². The van der Waals surface area contributed by atoms with E-state index in [9.17, 15) is 45.6 Å². The van der Waals surface area contributed by atoms with E-state index in [0.29, 0.717) is 19.3 Å². The number of carbonyl (C=O) groups excluding carboxylic acids is 1. The molecule has 16 heteroatoms. The summed E-state index contributed by atoms with van der Waals surface area (Å²) >= 11 is 0. The van der Waals surface area contributed by atoms with Gasteiger partial charge in [-0.25, -0.2) is 4.79 Å². The monoisotopic (exact) mass is 654 g/mol. The SMILES string of the molecule is CC[C@H]1O[C@H](OC2[C@@H](C)C[C@@H](CCC(O)CNC(=O)OC(C)(C)C)[C@H](O[C@H]3O[C@H](CO)[C@@H](O)[C@H](N)[C@H]3O)[C@H]2O)[C@H](O)[C@@H](O)[C@@H]1O. The van der Waals surface area contributed by atoms with Gasteiger partial charge in [-0.3, -0.25) is 0 Å². The zero-order valence-electron chi connectivity index (χ0n) is 26.6. The number of ether oxygens (including phenoxy) is 5. The van der Waals surface area contributed by atoms with Gasteiger partial charge in [0, 0.05) is 6.54 Å². The number of alkyl carbamates (subject to hydrolysis) is 1. The molecule has 2 saturated heterocycles. The van der Waals surface area contributed by atoms with Gasteiger partial charge in [-0.05, 0) is 58.3 Å². The van der Waals surface area contributed by atoms with Gasteiger partial charge in [0.1, 0.15) is 48.3 Å². The number of nitrogens with two attached hydrogens (primary N) is 1. The van der Waals surface area contributed by atoms with Gasteiger partial charge in [0.05, 0.1) is 37.1 Å². The molecule has 2 aliphatic heterocycles. The quantitative estimate of drug-likeness (QED) is 0.110. The summed E-state index contributed by atoms with van der Waals surface area (Å²) in [5.74, 6) is -0.821. The molecule has 1 saturated carbocycles. The van der Waals surface area contributed by atoms with Crippen molar-refractivity contribution in [3.63, 3.8) is 0 Å². The van der Waals surface area contributed by atoms with Crippen LogP contribution in [0.4, 0.5) is 4.79 Å². The lowest BCUT2D eigenvalue weighted by molar-refractivity contribution is -0.340. The van der Waals surface area contributed by atoms with Crippen LogP contribution in [0.1, 0.15) is 60.3 Å². The van der Waals surface area contributed by atoms with Gasteiger partial charge >= 0.3 is 6.09 Å². The average Bonchev–Trinajstić information content (AvgIpc) is 2.97. The third-order valence-corrected chi connectivity index (χ3v) is 8.72. The van der Waals surface area contributed by atoms with Gasteiger partial charge in [-0.15, -0.1) is 0 Å². The molecule has 0 aromatic carbocycles. The molecule has 264 valence electrons. The minimum absolute atomic E-state index is 0.0872. The minimum Gasteiger partial charge on any atom is -0.444 e. The zero-order valence-corrected chi connectivity index (χ0v) is 26.6. The Morgan fingerprint density at radius 1 is 0.911 bits per heavy atom. The molecule has 1 aliphatic carbocycles. The summed E-state index contributed by atoms with van der Waals surface area (Å²) in [5.41, 5.74) is 5.25. The first kappa shape index (κ1) is 38.2. The van der Waals surface area contributed by atoms with Crippen LogP contribution in [0.15, 0.2) is 0 Å². The van der Waals surface area contributed by atoms with Crippen LogP contribution in [0.3, 0.4) is 0 Å². The van der Waals surface area contributed by atoms with Crippen LogP contribution < -0.4 is 11.1 Å². The lowest BCUT2D eigenvalue weighted by atomic mass is 9.74. The molecular weight excluding hydrogens is 600 g/mol. The summed E-state index contributed by atoms with van der Waals surface area (Å²) in [6, 6.07) is -1.23. The summed E-state index contributed by atoms with van der Waals surface area (Å²) in [5, 5.41) is 86.6. The van der Waals surface area contributed by atoms with E-state index in [-0.39, 0.29) is 18.9 Å². The first-order chi connectivity index (χ1) is 21.0. The molecule has 3 rings (SSSR count). The summed E-state index contributed by atoms with van der Waals surface area (Å²) in [4.78, 5) is 12.0. The largest absolute Gasteiger partial charge is 0.444 e. The molecule has 2 unspecified atom stereocenters. The number of hydrogen-bond donors (Lipinski definition) is 10. The Bertz CT molecular complexity index is 922. The van der Waals surface area contributed by atoms with Crippen molar-refractivity contribution >= 4 is 6.09 Å². The molecule has 0 aromatic rings. The maximum Gasteiger partial charge on any atom is 0.407 e. The van der Waals surface area contributed by atoms with Crippen molar-refractivity contribution in [2.75, 3.05) is 13.2 Å². The maximum atomic E-state index is 12.0. The first-order valence-electron chi connectivity index (χ1n) is 15.7. The fourth-order valence-corrected chi connectivity index (χ4v) is 6.16. The number of amides is 1. The lowest BCUT2D eigenvalue weighted by Gasteiger charge is -2.49. The van der Waals surface area contributed by atoms with Crippen molar-refractivity contribution in [1.29, 1.82) is 0 Å². The molecule has 45 heavy (non-hydrogen) atoms. The van der Waals surface area contributed by atoms with E-state index in [1.807, 2.05) is 0 Å². The van der Waals surface area contributed by atoms with Gasteiger partial charge in [0.25, 0.3) is 0 Å². The Balaban J connectivity index is 1.76. The molecule has 0 radical (unpaired) electrons. The highest BCUT2D eigenvalue weighted by Crippen LogP contribution is 2.39. The molecule has 2 heterocycles. The second-order valence-electron chi connectivity index (χ2n) is 13.5. The van der Waals surface area contributed by atoms with E-state index in [1.54, 1.807) is 34.6 Å². The topological polar surface area (TPSA) is 263 Å². The van der Waals surface area contributed by atoms with Crippen LogP contribution in [0.25, 0.3) is 0 Å². The smallest absolute Gasteiger partial charge is 0.407 e. The Labute approximate surface area is 263 Å². The highest BCUT2D eigenvalue weighted by atomic mass is 16.7. The van der Waals surface area contributed by atoms with Crippen LogP contribution >= 0.6 is 0 Å². The Morgan fingerprint density at radius 2 is 1.51 bits per heavy atom. The van der Waals surface area contributed by atoms with Gasteiger partial charge in [0.2, 0.25) is 0 Å². The first-order valence-corrected chi connectivity index (χ1v) is 15.7. The Hall–Kier alpha value is -1.25. The van der Waals surface area contributed by atoms with E-state index >= 15 is 0 Å². The van der Waals surface area contributed by atoms with E-state index in [2.05, 4.69) is 5.32 Å². The van der Waals surface area contributed by atoms with Crippen LogP contribution in [0, 0.1) is 11.8 Å². The summed E-state index contributed by atoms with van der Waals surface area (Å²) in [6.07, 6.45) is -16.2. The summed E-state index contributed by atoms with van der Waals surface area (Å²) in [6.45, 7) is 7.98. The number of aliphatic hydroxyl groups excluding tert-OH is 8. The molecular formula is C29H54N2O14. The maximum absolute atomic E-state index is 12.0. The summed E-state index contributed by atoms with van der Waals surface area (Å²) < 4.78 is 28.7. The molecule has 11 N–H and O–H groups in total. The second-order valence-corrected chi connectivity index (χ2v) is 13.5. The van der Waals surface area contributed by atoms with Crippen molar-refractivity contribution in [2.24, 2.45) is 17.6 Å². The fourth-order valence-electron chi connectivity index (χ4n) is 6.16. The zero-order chi connectivity index (χ0) is 33.8. The van der Waals surface area contributed by atoms with Gasteiger partial charge in [-0.2, -0.15) is 0 Å². The fraction of sp³-hybridized carbons (Fsp3) is 0.966. The molecule has 16 nitrogen and oxygen atoms in total. The normalized spacial score (nSPS) is 43.5. The molecule has 16 atom stereocenters.